The molecule has 3 saturated heterocycles. The number of aromatic nitrogens is 3. The van der Waals surface area contributed by atoms with Crippen LogP contribution in [0.5, 0.6) is 0 Å². The molecule has 0 saturated carbocycles. The molecule has 17 nitrogen and oxygen atoms in total. The number of carbonyl (C=O) groups is 3. The molecule has 9 aromatic rings. The van der Waals surface area contributed by atoms with Crippen molar-refractivity contribution in [2.45, 2.75) is 134 Å². The summed E-state index contributed by atoms with van der Waals surface area (Å²) in [5, 5.41) is 20.2. The topological polar surface area (TPSA) is 199 Å². The third kappa shape index (κ3) is 17.1. The van der Waals surface area contributed by atoms with Gasteiger partial charge in [-0.05, 0) is 140 Å². The van der Waals surface area contributed by atoms with Gasteiger partial charge in [0.05, 0.1) is 35.2 Å². The highest BCUT2D eigenvalue weighted by Gasteiger charge is 2.49. The molecular formula is C85H93N7O10. The van der Waals surface area contributed by atoms with E-state index in [0.717, 1.165) is 72.3 Å². The number of ether oxygens (including phenoxy) is 3. The Kier molecular flexibility index (Phi) is 22.4. The van der Waals surface area contributed by atoms with Crippen LogP contribution in [-0.2, 0) is 52.2 Å². The van der Waals surface area contributed by atoms with E-state index >= 15 is 0 Å². The Morgan fingerprint density at radius 1 is 0.441 bits per heavy atom. The fourth-order valence-electron chi connectivity index (χ4n) is 14.2. The zero-order valence-corrected chi connectivity index (χ0v) is 60.3. The predicted octanol–water partition coefficient (Wildman–Crippen LogP) is 16.6. The second-order valence-electron chi connectivity index (χ2n) is 28.8. The average Bonchev–Trinajstić information content (AvgIpc) is 0.777. The van der Waals surface area contributed by atoms with Gasteiger partial charge in [-0.15, -0.1) is 0 Å². The number of aryl methyl sites for hydroxylation is 3. The molecule has 0 aliphatic carbocycles. The van der Waals surface area contributed by atoms with Crippen molar-refractivity contribution in [3.63, 3.8) is 0 Å². The van der Waals surface area contributed by atoms with Crippen molar-refractivity contribution in [3.05, 3.63) is 295 Å². The third-order valence-electron chi connectivity index (χ3n) is 19.9. The summed E-state index contributed by atoms with van der Waals surface area (Å²) in [7, 11) is 5.21. The van der Waals surface area contributed by atoms with Crippen molar-refractivity contribution in [2.75, 3.05) is 19.6 Å². The predicted molar refractivity (Wildman–Crippen MR) is 399 cm³/mol. The number of carbonyl (C=O) groups excluding carboxylic acids is 3. The van der Waals surface area contributed by atoms with Crippen molar-refractivity contribution < 1.29 is 33.7 Å². The molecule has 3 aromatic heterocycles. The number of amides is 3. The van der Waals surface area contributed by atoms with Crippen LogP contribution in [0.3, 0.4) is 0 Å². The van der Waals surface area contributed by atoms with Gasteiger partial charge < -0.3 is 47.7 Å². The Hall–Kier alpha value is -10.8. The van der Waals surface area contributed by atoms with E-state index in [2.05, 4.69) is 12.6 Å². The van der Waals surface area contributed by atoms with E-state index in [1.54, 1.807) is 81.6 Å². The minimum absolute atomic E-state index is 0.0363. The van der Waals surface area contributed by atoms with Crippen LogP contribution in [0.4, 0.5) is 14.4 Å². The molecular weight excluding hydrogens is 1280 g/mol. The number of cyclic esters (lactones) is 3. The lowest BCUT2D eigenvalue weighted by atomic mass is 9.75. The zero-order chi connectivity index (χ0) is 73.3. The fourth-order valence-corrected chi connectivity index (χ4v) is 14.2. The summed E-state index contributed by atoms with van der Waals surface area (Å²) in [6, 6.07) is 65.6. The maximum absolute atomic E-state index is 13.3. The maximum Gasteiger partial charge on any atom is 0.411 e. The molecule has 3 aliphatic heterocycles. The van der Waals surface area contributed by atoms with Crippen LogP contribution in [0.15, 0.2) is 245 Å². The summed E-state index contributed by atoms with van der Waals surface area (Å²) in [5.41, 5.74) is 8.64. The van der Waals surface area contributed by atoms with Crippen molar-refractivity contribution in [3.8, 4) is 39.4 Å². The SMILES string of the molecule is C=C(C)C[C@]1(c2ccccc2)CCN([C@@H](C)c2ccc(-c3ccc(=O)n(C)c3)cc2)C(=O)O1.C[C@@H](c1ccc(-c2ccc(=O)n(C)c2)cc1)N1CC[C@](CC(C)(C)C#N)(c2ccccc2)OC1=O.C[C@@H](c1ccc(-c2ccc(=O)n(C)c2)cc1)N1CC[C@](CC(C)(C)O)(c2ccccc2)OC1=O. The van der Waals surface area contributed by atoms with Gasteiger partial charge in [0, 0.05) is 116 Å². The van der Waals surface area contributed by atoms with Gasteiger partial charge in [-0.1, -0.05) is 176 Å². The first kappa shape index (κ1) is 73.9. The van der Waals surface area contributed by atoms with Gasteiger partial charge in [0.15, 0.2) is 0 Å². The van der Waals surface area contributed by atoms with Crippen LogP contribution in [0.25, 0.3) is 33.4 Å². The fraction of sp³-hybridized carbons (Fsp3) is 0.329. The summed E-state index contributed by atoms with van der Waals surface area (Å²) >= 11 is 0. The van der Waals surface area contributed by atoms with E-state index in [1.807, 2.05) is 242 Å². The van der Waals surface area contributed by atoms with Gasteiger partial charge in [0.1, 0.15) is 16.8 Å². The highest BCUT2D eigenvalue weighted by molar-refractivity contribution is 5.73. The minimum atomic E-state index is -0.985. The third-order valence-corrected chi connectivity index (χ3v) is 19.9. The summed E-state index contributed by atoms with van der Waals surface area (Å²) in [4.78, 5) is 80.0. The van der Waals surface area contributed by atoms with Crippen molar-refractivity contribution in [2.24, 2.45) is 26.6 Å². The Morgan fingerprint density at radius 3 is 0.990 bits per heavy atom. The molecule has 17 heteroatoms. The quantitative estimate of drug-likeness (QED) is 0.0633. The van der Waals surface area contributed by atoms with Crippen molar-refractivity contribution in [1.82, 2.24) is 28.4 Å². The Balaban J connectivity index is 0.000000165. The molecule has 528 valence electrons. The van der Waals surface area contributed by atoms with Gasteiger partial charge in [-0.25, -0.2) is 14.4 Å². The standard InChI is InChI=1S/C29H31N3O3.C28H32N2O4.C28H30N2O3/c1-21(22-10-12-23(13-11-22)24-14-15-26(33)31(4)18-24)32-17-16-29(35-27(32)34,19-28(2,3)20-30)25-8-6-5-7-9-25;1-20(21-10-12-22(13-11-21)23-14-15-25(31)29(4)18-23)30-17-16-28(34-26(30)32,19-27(2,3)33)24-8-6-5-7-9-24;1-20(2)18-28(25-8-6-5-7-9-25)16-17-30(27(32)33-28)21(3)22-10-12-23(13-11-22)24-14-15-26(31)29(4)19-24/h5-15,18,21H,16-17,19H2,1-4H3;5-15,18,20,33H,16-17,19H2,1-4H3;5-15,19,21H,1,16-18H2,2-4H3/t21-,29-;20-,28-;21-,28-/m000/s1. The second-order valence-corrected chi connectivity index (χ2v) is 28.8. The summed E-state index contributed by atoms with van der Waals surface area (Å²) in [6.07, 6.45) is 7.67. The zero-order valence-electron chi connectivity index (χ0n) is 60.3. The van der Waals surface area contributed by atoms with E-state index in [0.29, 0.717) is 58.2 Å². The normalized spacial score (nSPS) is 19.2. The number of benzene rings is 6. The van der Waals surface area contributed by atoms with Gasteiger partial charge in [-0.2, -0.15) is 5.26 Å². The van der Waals surface area contributed by atoms with Gasteiger partial charge >= 0.3 is 18.3 Å². The Bertz CT molecular complexity index is 4670. The lowest BCUT2D eigenvalue weighted by Crippen LogP contribution is -2.51. The number of hydrogen-bond acceptors (Lipinski definition) is 11. The van der Waals surface area contributed by atoms with Crippen molar-refractivity contribution >= 4 is 18.3 Å². The lowest BCUT2D eigenvalue weighted by Gasteiger charge is -2.45. The molecule has 0 spiro atoms. The van der Waals surface area contributed by atoms with Gasteiger partial charge in [0.25, 0.3) is 0 Å². The number of nitrogens with zero attached hydrogens (tertiary/aromatic N) is 7. The molecule has 3 aliphatic rings. The molecule has 3 fully saturated rings. The summed E-state index contributed by atoms with van der Waals surface area (Å²) < 4.78 is 23.1. The van der Waals surface area contributed by atoms with Gasteiger partial charge in [0.2, 0.25) is 16.7 Å². The number of hydrogen-bond donors (Lipinski definition) is 1. The van der Waals surface area contributed by atoms with E-state index in [1.165, 1.54) is 0 Å². The average molecular weight is 1370 g/mol. The first-order valence-corrected chi connectivity index (χ1v) is 34.8. The number of nitriles is 1. The number of aliphatic hydroxyl groups is 1. The molecule has 1 N–H and O–H groups in total. The van der Waals surface area contributed by atoms with Crippen LogP contribution in [0.2, 0.25) is 0 Å². The highest BCUT2D eigenvalue weighted by atomic mass is 16.6. The molecule has 6 heterocycles. The molecule has 6 atom stereocenters. The Morgan fingerprint density at radius 2 is 0.716 bits per heavy atom. The van der Waals surface area contributed by atoms with E-state index in [9.17, 15) is 39.1 Å². The van der Waals surface area contributed by atoms with Crippen molar-refractivity contribution in [1.29, 1.82) is 5.26 Å². The van der Waals surface area contributed by atoms with E-state index in [4.69, 9.17) is 14.2 Å². The molecule has 12 rings (SSSR count). The number of rotatable bonds is 18. The van der Waals surface area contributed by atoms with Crippen LogP contribution in [0, 0.1) is 16.7 Å². The maximum atomic E-state index is 13.3. The van der Waals surface area contributed by atoms with Gasteiger partial charge in [-0.3, -0.25) is 14.4 Å². The van der Waals surface area contributed by atoms with E-state index < -0.39 is 27.8 Å². The van der Waals surface area contributed by atoms with Crippen LogP contribution in [-0.4, -0.2) is 77.0 Å². The summed E-state index contributed by atoms with van der Waals surface area (Å²) in [6.45, 7) is 21.0. The smallest absolute Gasteiger partial charge is 0.411 e. The Labute approximate surface area is 598 Å². The monoisotopic (exact) mass is 1370 g/mol. The first-order chi connectivity index (χ1) is 48.5. The molecule has 6 aromatic carbocycles. The minimum Gasteiger partial charge on any atom is -0.438 e. The number of pyridine rings is 3. The molecule has 0 radical (unpaired) electrons. The van der Waals surface area contributed by atoms with Crippen LogP contribution >= 0.6 is 0 Å². The lowest BCUT2D eigenvalue weighted by molar-refractivity contribution is -0.101. The summed E-state index contributed by atoms with van der Waals surface area (Å²) in [5.74, 6) is 0. The van der Waals surface area contributed by atoms with E-state index in [-0.39, 0.29) is 53.1 Å². The van der Waals surface area contributed by atoms with Crippen LogP contribution in [0.1, 0.15) is 145 Å². The first-order valence-electron chi connectivity index (χ1n) is 34.8. The molecule has 3 amide bonds. The second kappa shape index (κ2) is 31.0. The largest absolute Gasteiger partial charge is 0.438 e. The molecule has 0 unspecified atom stereocenters. The molecule has 0 bridgehead atoms. The van der Waals surface area contributed by atoms with Crippen LogP contribution < -0.4 is 16.7 Å². The highest BCUT2D eigenvalue weighted by Crippen LogP contribution is 2.47. The molecule has 102 heavy (non-hydrogen) atoms.